The van der Waals surface area contributed by atoms with Crippen LogP contribution >= 0.6 is 0 Å². The van der Waals surface area contributed by atoms with E-state index in [2.05, 4.69) is 0 Å². The average molecular weight is 237 g/mol. The maximum atomic E-state index is 10.8. The van der Waals surface area contributed by atoms with Crippen molar-refractivity contribution in [3.05, 3.63) is 29.3 Å². The number of benzene rings is 1. The molecule has 1 atom stereocenters. The minimum atomic E-state index is -1.02. The molecule has 0 radical (unpaired) electrons. The van der Waals surface area contributed by atoms with E-state index in [-0.39, 0.29) is 17.6 Å². The van der Waals surface area contributed by atoms with Gasteiger partial charge in [0, 0.05) is 0 Å². The summed E-state index contributed by atoms with van der Waals surface area (Å²) in [6.45, 7) is 6.03. The molecule has 0 fully saturated rings. The zero-order valence-corrected chi connectivity index (χ0v) is 10.4. The number of hydrogen-bond donors (Lipinski definition) is 3. The smallest absolute Gasteiger partial charge is 0.320 e. The molecule has 0 aliphatic rings. The number of phenolic OH excluding ortho intramolecular Hbond substituents is 1. The molecule has 0 saturated heterocycles. The minimum absolute atomic E-state index is 0.160. The molecule has 0 saturated carbocycles. The highest BCUT2D eigenvalue weighted by molar-refractivity contribution is 5.73. The van der Waals surface area contributed by atoms with Crippen molar-refractivity contribution in [3.8, 4) is 5.75 Å². The van der Waals surface area contributed by atoms with Crippen molar-refractivity contribution >= 4 is 5.97 Å². The number of rotatable bonds is 3. The molecule has 1 aromatic carbocycles. The highest BCUT2D eigenvalue weighted by atomic mass is 16.4. The monoisotopic (exact) mass is 237 g/mol. The molecule has 17 heavy (non-hydrogen) atoms. The predicted molar refractivity (Wildman–Crippen MR) is 66.1 cm³/mol. The molecule has 1 rings (SSSR count). The number of phenols is 1. The van der Waals surface area contributed by atoms with Gasteiger partial charge in [-0.2, -0.15) is 0 Å². The summed E-state index contributed by atoms with van der Waals surface area (Å²) in [7, 11) is 0. The molecule has 94 valence electrons. The Morgan fingerprint density at radius 2 is 2.00 bits per heavy atom. The van der Waals surface area contributed by atoms with E-state index in [1.54, 1.807) is 18.2 Å². The van der Waals surface area contributed by atoms with Gasteiger partial charge in [0.15, 0.2) is 0 Å². The normalized spacial score (nSPS) is 13.4. The first-order valence-electron chi connectivity index (χ1n) is 5.52. The second kappa shape index (κ2) is 4.75. The zero-order valence-electron chi connectivity index (χ0n) is 10.4. The van der Waals surface area contributed by atoms with Crippen LogP contribution in [0.3, 0.4) is 0 Å². The lowest BCUT2D eigenvalue weighted by Gasteiger charge is -2.24. The number of hydrogen-bond acceptors (Lipinski definition) is 3. The summed E-state index contributed by atoms with van der Waals surface area (Å²) in [5.41, 5.74) is 7.17. The van der Waals surface area contributed by atoms with Gasteiger partial charge in [-0.25, -0.2) is 0 Å². The van der Waals surface area contributed by atoms with Gasteiger partial charge in [0.1, 0.15) is 11.8 Å². The summed E-state index contributed by atoms with van der Waals surface area (Å²) >= 11 is 0. The third kappa shape index (κ3) is 3.46. The van der Waals surface area contributed by atoms with Gasteiger partial charge >= 0.3 is 5.97 Å². The van der Waals surface area contributed by atoms with E-state index in [0.717, 1.165) is 11.1 Å². The van der Waals surface area contributed by atoms with Crippen LogP contribution in [0.1, 0.15) is 31.9 Å². The van der Waals surface area contributed by atoms with Crippen LogP contribution in [0.15, 0.2) is 18.2 Å². The van der Waals surface area contributed by atoms with E-state index in [1.807, 2.05) is 20.8 Å². The van der Waals surface area contributed by atoms with E-state index in [0.29, 0.717) is 0 Å². The Bertz CT molecular complexity index is 421. The van der Waals surface area contributed by atoms with Crippen molar-refractivity contribution < 1.29 is 15.0 Å². The van der Waals surface area contributed by atoms with Crippen molar-refractivity contribution in [3.63, 3.8) is 0 Å². The lowest BCUT2D eigenvalue weighted by molar-refractivity contribution is -0.138. The quantitative estimate of drug-likeness (QED) is 0.746. The van der Waals surface area contributed by atoms with Gasteiger partial charge < -0.3 is 15.9 Å². The molecule has 0 aliphatic carbocycles. The molecule has 4 heteroatoms. The van der Waals surface area contributed by atoms with Crippen LogP contribution in [0.2, 0.25) is 0 Å². The molecule has 4 N–H and O–H groups in total. The molecule has 0 unspecified atom stereocenters. The fourth-order valence-corrected chi connectivity index (χ4v) is 1.76. The maximum absolute atomic E-state index is 10.8. The number of carboxylic acids is 1. The third-order valence-electron chi connectivity index (χ3n) is 2.66. The van der Waals surface area contributed by atoms with Gasteiger partial charge in [-0.05, 0) is 35.1 Å². The SMILES string of the molecule is CC(C)(C)c1cc(O)ccc1C[C@H](N)C(=O)O. The number of carboxylic acid groups (broad SMARTS) is 1. The van der Waals surface area contributed by atoms with E-state index >= 15 is 0 Å². The molecule has 0 amide bonds. The maximum Gasteiger partial charge on any atom is 0.320 e. The van der Waals surface area contributed by atoms with Crippen LogP contribution in [0, 0.1) is 0 Å². The molecular weight excluding hydrogens is 218 g/mol. The van der Waals surface area contributed by atoms with Gasteiger partial charge in [0.25, 0.3) is 0 Å². The fourth-order valence-electron chi connectivity index (χ4n) is 1.76. The number of aliphatic carboxylic acids is 1. The van der Waals surface area contributed by atoms with Crippen molar-refractivity contribution in [2.75, 3.05) is 0 Å². The summed E-state index contributed by atoms with van der Waals surface area (Å²) in [6.07, 6.45) is 0.266. The van der Waals surface area contributed by atoms with E-state index in [1.165, 1.54) is 0 Å². The highest BCUT2D eigenvalue weighted by Gasteiger charge is 2.21. The lowest BCUT2D eigenvalue weighted by atomic mass is 9.82. The Morgan fingerprint density at radius 3 is 2.47 bits per heavy atom. The van der Waals surface area contributed by atoms with E-state index < -0.39 is 12.0 Å². The van der Waals surface area contributed by atoms with Crippen LogP contribution in [-0.2, 0) is 16.6 Å². The number of nitrogens with two attached hydrogens (primary N) is 1. The van der Waals surface area contributed by atoms with Crippen LogP contribution in [-0.4, -0.2) is 22.2 Å². The first kappa shape index (κ1) is 13.5. The molecule has 0 aliphatic heterocycles. The standard InChI is InChI=1S/C13H19NO3/c1-13(2,3)10-7-9(15)5-4-8(10)6-11(14)12(16)17/h4-5,7,11,15H,6,14H2,1-3H3,(H,16,17)/t11-/m0/s1. The molecule has 0 aromatic heterocycles. The number of aromatic hydroxyl groups is 1. The van der Waals surface area contributed by atoms with E-state index in [9.17, 15) is 9.90 Å². The Morgan fingerprint density at radius 1 is 1.41 bits per heavy atom. The van der Waals surface area contributed by atoms with Gasteiger partial charge in [-0.1, -0.05) is 26.8 Å². The zero-order chi connectivity index (χ0) is 13.2. The Labute approximate surface area is 101 Å². The number of carbonyl (C=O) groups is 1. The summed E-state index contributed by atoms with van der Waals surface area (Å²) in [4.78, 5) is 10.8. The third-order valence-corrected chi connectivity index (χ3v) is 2.66. The van der Waals surface area contributed by atoms with Crippen molar-refractivity contribution in [1.29, 1.82) is 0 Å². The van der Waals surface area contributed by atoms with Crippen LogP contribution in [0.5, 0.6) is 5.75 Å². The largest absolute Gasteiger partial charge is 0.508 e. The molecule has 0 spiro atoms. The second-order valence-corrected chi connectivity index (χ2v) is 5.24. The van der Waals surface area contributed by atoms with Crippen LogP contribution in [0.25, 0.3) is 0 Å². The summed E-state index contributed by atoms with van der Waals surface area (Å²) in [6, 6.07) is 4.04. The summed E-state index contributed by atoms with van der Waals surface area (Å²) < 4.78 is 0. The average Bonchev–Trinajstić information content (AvgIpc) is 2.18. The Hall–Kier alpha value is -1.55. The first-order valence-corrected chi connectivity index (χ1v) is 5.52. The van der Waals surface area contributed by atoms with Crippen molar-refractivity contribution in [2.45, 2.75) is 38.6 Å². The Balaban J connectivity index is 3.11. The minimum Gasteiger partial charge on any atom is -0.508 e. The van der Waals surface area contributed by atoms with Crippen LogP contribution in [0.4, 0.5) is 0 Å². The fraction of sp³-hybridized carbons (Fsp3) is 0.462. The topological polar surface area (TPSA) is 83.5 Å². The van der Waals surface area contributed by atoms with Crippen LogP contribution < -0.4 is 5.73 Å². The molecule has 0 bridgehead atoms. The molecule has 4 nitrogen and oxygen atoms in total. The van der Waals surface area contributed by atoms with Crippen molar-refractivity contribution in [2.24, 2.45) is 5.73 Å². The van der Waals surface area contributed by atoms with Gasteiger partial charge in [-0.3, -0.25) is 4.79 Å². The van der Waals surface area contributed by atoms with E-state index in [4.69, 9.17) is 10.8 Å². The molecule has 0 heterocycles. The lowest BCUT2D eigenvalue weighted by Crippen LogP contribution is -2.33. The van der Waals surface area contributed by atoms with Gasteiger partial charge in [0.2, 0.25) is 0 Å². The van der Waals surface area contributed by atoms with Gasteiger partial charge in [-0.15, -0.1) is 0 Å². The highest BCUT2D eigenvalue weighted by Crippen LogP contribution is 2.29. The molecule has 1 aromatic rings. The molecular formula is C13H19NO3. The Kier molecular flexibility index (Phi) is 3.78. The van der Waals surface area contributed by atoms with Gasteiger partial charge in [0.05, 0.1) is 0 Å². The summed E-state index contributed by atoms with van der Waals surface area (Å²) in [5, 5.41) is 18.3. The summed E-state index contributed by atoms with van der Waals surface area (Å²) in [5.74, 6) is -0.833. The predicted octanol–water partition coefficient (Wildman–Crippen LogP) is 1.64. The second-order valence-electron chi connectivity index (χ2n) is 5.24. The van der Waals surface area contributed by atoms with Crippen molar-refractivity contribution in [1.82, 2.24) is 0 Å². The first-order chi connectivity index (χ1) is 7.71.